The van der Waals surface area contributed by atoms with Gasteiger partial charge in [0.05, 0.1) is 28.2 Å². The van der Waals surface area contributed by atoms with Crippen LogP contribution in [0.2, 0.25) is 0 Å². The number of aryl methyl sites for hydroxylation is 1. The number of hydrogen-bond donors (Lipinski definition) is 4. The van der Waals surface area contributed by atoms with Crippen LogP contribution in [-0.2, 0) is 14.8 Å². The van der Waals surface area contributed by atoms with E-state index in [9.17, 15) is 23.1 Å². The molecule has 0 atom stereocenters. The number of rotatable bonds is 9. The number of nitrogens with zero attached hydrogens (tertiary/aromatic N) is 1. The zero-order valence-corrected chi connectivity index (χ0v) is 21.5. The summed E-state index contributed by atoms with van der Waals surface area (Å²) in [5, 5.41) is 15.5. The molecule has 0 aromatic heterocycles. The van der Waals surface area contributed by atoms with Crippen molar-refractivity contribution in [3.63, 3.8) is 0 Å². The van der Waals surface area contributed by atoms with Gasteiger partial charge in [0, 0.05) is 18.7 Å². The molecule has 192 valence electrons. The first-order valence-electron chi connectivity index (χ1n) is 11.6. The van der Waals surface area contributed by atoms with Crippen LogP contribution < -0.4 is 15.4 Å². The summed E-state index contributed by atoms with van der Waals surface area (Å²) < 4.78 is 28.9. The van der Waals surface area contributed by atoms with Crippen molar-refractivity contribution in [1.29, 1.82) is 0 Å². The quantitative estimate of drug-likeness (QED) is 0.318. The molecular weight excluding hydrogens is 492 g/mol. The van der Waals surface area contributed by atoms with Crippen LogP contribution >= 0.6 is 0 Å². The minimum atomic E-state index is -3.86. The average Bonchev–Trinajstić information content (AvgIpc) is 3.16. The lowest BCUT2D eigenvalue weighted by Gasteiger charge is -2.18. The monoisotopic (exact) mass is 520 g/mol. The molecule has 37 heavy (non-hydrogen) atoms. The number of sulfonamides is 1. The van der Waals surface area contributed by atoms with Crippen molar-refractivity contribution in [3.8, 4) is 0 Å². The van der Waals surface area contributed by atoms with Gasteiger partial charge in [-0.1, -0.05) is 42.5 Å². The largest absolute Gasteiger partial charge is 0.478 e. The van der Waals surface area contributed by atoms with Crippen LogP contribution in [0.3, 0.4) is 0 Å². The molecule has 0 fully saturated rings. The Hall–Kier alpha value is -3.99. The molecular formula is C27H28N4O5S. The molecule has 10 heteroatoms. The Bertz CT molecular complexity index is 1500. The topological polar surface area (TPSA) is 128 Å². The Morgan fingerprint density at radius 2 is 1.70 bits per heavy atom. The van der Waals surface area contributed by atoms with Crippen LogP contribution in [0.25, 0.3) is 11.3 Å². The Kier molecular flexibility index (Phi) is 7.44. The summed E-state index contributed by atoms with van der Waals surface area (Å²) in [6.45, 7) is 2.43. The normalized spacial score (nSPS) is 14.3. The van der Waals surface area contributed by atoms with E-state index in [0.717, 1.165) is 0 Å². The number of carbonyl (C=O) groups is 2. The molecule has 4 N–H and O–H groups in total. The number of nitrogens with one attached hydrogen (secondary N) is 3. The number of carbonyl (C=O) groups excluding carboxylic acids is 1. The van der Waals surface area contributed by atoms with Gasteiger partial charge in [0.25, 0.3) is 5.91 Å². The minimum absolute atomic E-state index is 0.0406. The van der Waals surface area contributed by atoms with Crippen molar-refractivity contribution < 1.29 is 23.1 Å². The van der Waals surface area contributed by atoms with E-state index in [1.807, 2.05) is 49.3 Å². The van der Waals surface area contributed by atoms with Gasteiger partial charge in [-0.05, 0) is 56.4 Å². The van der Waals surface area contributed by atoms with Crippen molar-refractivity contribution in [2.75, 3.05) is 37.8 Å². The van der Waals surface area contributed by atoms with E-state index in [0.29, 0.717) is 40.3 Å². The van der Waals surface area contributed by atoms with Gasteiger partial charge in [0.15, 0.2) is 0 Å². The van der Waals surface area contributed by atoms with E-state index in [2.05, 4.69) is 15.4 Å². The number of anilines is 2. The highest BCUT2D eigenvalue weighted by atomic mass is 32.2. The second-order valence-corrected chi connectivity index (χ2v) is 10.6. The standard InChI is InChI=1S/C27H28N4O5S/c1-17-15-20-22(16-19(17)27(33)34)30-26(32)24(20)25(18-9-5-4-6-10-18)29-21-11-7-8-12-23(21)37(35,36)28-13-14-31(2)3/h4-12,15-16,28-29H,13-14H2,1-3H3,(H,30,32)(H,33,34). The van der Waals surface area contributed by atoms with E-state index in [1.165, 1.54) is 12.1 Å². The maximum Gasteiger partial charge on any atom is 0.336 e. The molecule has 0 saturated carbocycles. The van der Waals surface area contributed by atoms with Crippen LogP contribution in [-0.4, -0.2) is 57.5 Å². The van der Waals surface area contributed by atoms with Crippen molar-refractivity contribution in [2.45, 2.75) is 11.8 Å². The summed E-state index contributed by atoms with van der Waals surface area (Å²) in [7, 11) is -0.152. The maximum atomic E-state index is 13.2. The highest BCUT2D eigenvalue weighted by Gasteiger charge is 2.31. The van der Waals surface area contributed by atoms with Gasteiger partial charge < -0.3 is 20.6 Å². The third-order valence-corrected chi connectivity index (χ3v) is 7.46. The van der Waals surface area contributed by atoms with Crippen LogP contribution in [0.15, 0.2) is 71.6 Å². The second kappa shape index (κ2) is 10.6. The molecule has 3 aromatic rings. The number of likely N-dealkylation sites (N-methyl/N-ethyl adjacent to an activating group) is 1. The Morgan fingerprint density at radius 1 is 1.03 bits per heavy atom. The van der Waals surface area contributed by atoms with E-state index in [-0.39, 0.29) is 22.6 Å². The predicted molar refractivity (Wildman–Crippen MR) is 144 cm³/mol. The van der Waals surface area contributed by atoms with Crippen LogP contribution in [0.1, 0.15) is 27.0 Å². The SMILES string of the molecule is Cc1cc2c(cc1C(=O)O)NC(=O)C2=C(Nc1ccccc1S(=O)(=O)NCCN(C)C)c1ccccc1. The van der Waals surface area contributed by atoms with E-state index >= 15 is 0 Å². The molecule has 9 nitrogen and oxygen atoms in total. The average molecular weight is 521 g/mol. The van der Waals surface area contributed by atoms with Gasteiger partial charge in [-0.25, -0.2) is 17.9 Å². The van der Waals surface area contributed by atoms with Gasteiger partial charge in [-0.15, -0.1) is 0 Å². The van der Waals surface area contributed by atoms with Gasteiger partial charge in [0.1, 0.15) is 4.90 Å². The third-order valence-electron chi connectivity index (χ3n) is 5.94. The summed E-state index contributed by atoms with van der Waals surface area (Å²) in [4.78, 5) is 26.8. The second-order valence-electron chi connectivity index (χ2n) is 8.91. The lowest BCUT2D eigenvalue weighted by Crippen LogP contribution is -2.31. The molecule has 0 saturated heterocycles. The summed E-state index contributed by atoms with van der Waals surface area (Å²) in [6.07, 6.45) is 0. The molecule has 0 aliphatic carbocycles. The Balaban J connectivity index is 1.85. The molecule has 1 aliphatic rings. The van der Waals surface area contributed by atoms with Gasteiger partial charge in [0.2, 0.25) is 10.0 Å². The number of benzene rings is 3. The first-order valence-corrected chi connectivity index (χ1v) is 13.1. The number of aromatic carboxylic acids is 1. The molecule has 0 spiro atoms. The number of hydrogen-bond acceptors (Lipinski definition) is 6. The van der Waals surface area contributed by atoms with E-state index in [4.69, 9.17) is 0 Å². The van der Waals surface area contributed by atoms with Crippen molar-refractivity contribution in [2.24, 2.45) is 0 Å². The molecule has 0 bridgehead atoms. The number of carboxylic acid groups (broad SMARTS) is 1. The molecule has 0 radical (unpaired) electrons. The van der Waals surface area contributed by atoms with Gasteiger partial charge in [-0.3, -0.25) is 4.79 Å². The Morgan fingerprint density at radius 3 is 2.38 bits per heavy atom. The summed E-state index contributed by atoms with van der Waals surface area (Å²) in [5.41, 5.74) is 3.15. The van der Waals surface area contributed by atoms with Crippen molar-refractivity contribution in [1.82, 2.24) is 9.62 Å². The molecule has 1 heterocycles. The van der Waals surface area contributed by atoms with Gasteiger partial charge in [-0.2, -0.15) is 0 Å². The lowest BCUT2D eigenvalue weighted by molar-refractivity contribution is -0.110. The smallest absolute Gasteiger partial charge is 0.336 e. The highest BCUT2D eigenvalue weighted by molar-refractivity contribution is 7.89. The lowest BCUT2D eigenvalue weighted by atomic mass is 9.96. The fraction of sp³-hybridized carbons (Fsp3) is 0.185. The van der Waals surface area contributed by atoms with Gasteiger partial charge >= 0.3 is 5.97 Å². The number of fused-ring (bicyclic) bond motifs is 1. The maximum absolute atomic E-state index is 13.2. The molecule has 1 aliphatic heterocycles. The third kappa shape index (κ3) is 5.56. The predicted octanol–water partition coefficient (Wildman–Crippen LogP) is 3.47. The fourth-order valence-corrected chi connectivity index (χ4v) is 5.29. The van der Waals surface area contributed by atoms with Crippen LogP contribution in [0.4, 0.5) is 11.4 Å². The summed E-state index contributed by atoms with van der Waals surface area (Å²) in [5.74, 6) is -1.51. The van der Waals surface area contributed by atoms with E-state index < -0.39 is 21.9 Å². The molecule has 3 aromatic carbocycles. The summed E-state index contributed by atoms with van der Waals surface area (Å²) in [6, 6.07) is 18.7. The molecule has 4 rings (SSSR count). The van der Waals surface area contributed by atoms with Crippen molar-refractivity contribution in [3.05, 3.63) is 89.0 Å². The summed E-state index contributed by atoms with van der Waals surface area (Å²) >= 11 is 0. The number of para-hydroxylation sites is 1. The van der Waals surface area contributed by atoms with Crippen LogP contribution in [0, 0.1) is 6.92 Å². The molecule has 1 amide bonds. The first-order chi connectivity index (χ1) is 17.6. The number of amides is 1. The minimum Gasteiger partial charge on any atom is -0.478 e. The molecule has 0 unspecified atom stereocenters. The Labute approximate surface area is 215 Å². The fourth-order valence-electron chi connectivity index (χ4n) is 4.11. The highest BCUT2D eigenvalue weighted by Crippen LogP contribution is 2.39. The van der Waals surface area contributed by atoms with Crippen LogP contribution in [0.5, 0.6) is 0 Å². The first kappa shape index (κ1) is 26.1. The van der Waals surface area contributed by atoms with Crippen molar-refractivity contribution >= 4 is 44.5 Å². The zero-order valence-electron chi connectivity index (χ0n) is 20.7. The number of carboxylic acids is 1. The zero-order chi connectivity index (χ0) is 26.7. The van der Waals surface area contributed by atoms with E-state index in [1.54, 1.807) is 31.2 Å².